The first-order chi connectivity index (χ1) is 8.52. The second kappa shape index (κ2) is 7.36. The van der Waals surface area contributed by atoms with Gasteiger partial charge < -0.3 is 15.7 Å². The van der Waals surface area contributed by atoms with Crippen molar-refractivity contribution in [1.29, 1.82) is 0 Å². The molecule has 0 saturated carbocycles. The Labute approximate surface area is 116 Å². The zero-order valence-electron chi connectivity index (χ0n) is 12.8. The maximum Gasteiger partial charge on any atom is 0.315 e. The first-order valence-electron chi connectivity index (χ1n) is 6.80. The smallest absolute Gasteiger partial charge is 0.315 e. The van der Waals surface area contributed by atoms with E-state index in [1.54, 1.807) is 0 Å². The van der Waals surface area contributed by atoms with Crippen LogP contribution in [-0.4, -0.2) is 29.2 Å². The first kappa shape index (κ1) is 17.7. The number of nitrogens with one attached hydrogen (secondary N) is 2. The van der Waals surface area contributed by atoms with Gasteiger partial charge in [-0.2, -0.15) is 0 Å². The van der Waals surface area contributed by atoms with Gasteiger partial charge in [-0.1, -0.05) is 20.8 Å². The van der Waals surface area contributed by atoms with Gasteiger partial charge in [0.2, 0.25) is 0 Å². The van der Waals surface area contributed by atoms with Gasteiger partial charge in [0, 0.05) is 18.5 Å². The molecule has 0 aromatic rings. The van der Waals surface area contributed by atoms with Crippen LogP contribution in [0, 0.1) is 5.41 Å². The monoisotopic (exact) mass is 272 g/mol. The molecule has 0 spiro atoms. The van der Waals surface area contributed by atoms with E-state index >= 15 is 0 Å². The van der Waals surface area contributed by atoms with Gasteiger partial charge in [0.25, 0.3) is 0 Å². The zero-order chi connectivity index (χ0) is 15.1. The van der Waals surface area contributed by atoms with Gasteiger partial charge in [-0.25, -0.2) is 4.79 Å². The van der Waals surface area contributed by atoms with E-state index in [1.807, 2.05) is 13.8 Å². The van der Waals surface area contributed by atoms with Gasteiger partial charge in [0.05, 0.1) is 0 Å². The molecule has 0 aliphatic rings. The minimum Gasteiger partial charge on any atom is -0.481 e. The third-order valence-electron chi connectivity index (χ3n) is 2.53. The summed E-state index contributed by atoms with van der Waals surface area (Å²) in [5.41, 5.74) is -0.109. The summed E-state index contributed by atoms with van der Waals surface area (Å²) >= 11 is 0. The van der Waals surface area contributed by atoms with Crippen molar-refractivity contribution in [2.45, 2.75) is 65.8 Å². The summed E-state index contributed by atoms with van der Waals surface area (Å²) in [5.74, 6) is -0.796. The molecule has 0 unspecified atom stereocenters. The van der Waals surface area contributed by atoms with Crippen LogP contribution in [0.4, 0.5) is 4.79 Å². The van der Waals surface area contributed by atoms with E-state index in [0.717, 1.165) is 6.42 Å². The Hall–Kier alpha value is -1.26. The Morgan fingerprint density at radius 2 is 1.63 bits per heavy atom. The molecule has 0 aromatic heterocycles. The number of rotatable bonds is 7. The van der Waals surface area contributed by atoms with E-state index in [4.69, 9.17) is 5.11 Å². The molecule has 2 amide bonds. The number of hydrogen-bond donors (Lipinski definition) is 3. The van der Waals surface area contributed by atoms with E-state index in [-0.39, 0.29) is 23.4 Å². The average molecular weight is 272 g/mol. The lowest BCUT2D eigenvalue weighted by Gasteiger charge is -2.33. The Kier molecular flexibility index (Phi) is 6.87. The molecule has 0 aliphatic heterocycles. The van der Waals surface area contributed by atoms with Crippen LogP contribution in [0.25, 0.3) is 0 Å². The van der Waals surface area contributed by atoms with E-state index in [1.165, 1.54) is 0 Å². The SMILES string of the molecule is CC(C)(C)CC(C)(C)NC(=O)NCCCCC(=O)O. The molecule has 0 rings (SSSR count). The van der Waals surface area contributed by atoms with Crippen LogP contribution >= 0.6 is 0 Å². The first-order valence-corrected chi connectivity index (χ1v) is 6.80. The number of carbonyl (C=O) groups excluding carboxylic acids is 1. The Morgan fingerprint density at radius 1 is 1.05 bits per heavy atom. The predicted octanol–water partition coefficient (Wildman–Crippen LogP) is 2.76. The summed E-state index contributed by atoms with van der Waals surface area (Å²) in [6.07, 6.45) is 2.30. The molecule has 0 aliphatic carbocycles. The van der Waals surface area contributed by atoms with Crippen molar-refractivity contribution in [3.8, 4) is 0 Å². The van der Waals surface area contributed by atoms with Crippen molar-refractivity contribution in [3.63, 3.8) is 0 Å². The van der Waals surface area contributed by atoms with E-state index in [2.05, 4.69) is 31.4 Å². The number of aliphatic carboxylic acids is 1. The van der Waals surface area contributed by atoms with Crippen molar-refractivity contribution in [2.75, 3.05) is 6.54 Å². The van der Waals surface area contributed by atoms with Crippen LogP contribution in [0.3, 0.4) is 0 Å². The topological polar surface area (TPSA) is 78.4 Å². The molecule has 5 nitrogen and oxygen atoms in total. The average Bonchev–Trinajstić information content (AvgIpc) is 2.11. The number of carboxylic acids is 1. The molecule has 0 bridgehead atoms. The molecule has 0 fully saturated rings. The van der Waals surface area contributed by atoms with Crippen LogP contribution in [0.15, 0.2) is 0 Å². The molecule has 19 heavy (non-hydrogen) atoms. The molecule has 3 N–H and O–H groups in total. The number of carbonyl (C=O) groups is 2. The van der Waals surface area contributed by atoms with Gasteiger partial charge in [-0.15, -0.1) is 0 Å². The van der Waals surface area contributed by atoms with E-state index in [9.17, 15) is 9.59 Å². The quantitative estimate of drug-likeness (QED) is 0.623. The number of hydrogen-bond acceptors (Lipinski definition) is 2. The number of amides is 2. The third kappa shape index (κ3) is 11.6. The van der Waals surface area contributed by atoms with Crippen molar-refractivity contribution in [2.24, 2.45) is 5.41 Å². The van der Waals surface area contributed by atoms with Crippen LogP contribution in [0.5, 0.6) is 0 Å². The summed E-state index contributed by atoms with van der Waals surface area (Å²) in [6.45, 7) is 10.9. The lowest BCUT2D eigenvalue weighted by molar-refractivity contribution is -0.137. The van der Waals surface area contributed by atoms with E-state index < -0.39 is 5.97 Å². The summed E-state index contributed by atoms with van der Waals surface area (Å²) in [7, 11) is 0. The second-order valence-electron chi connectivity index (χ2n) is 6.85. The van der Waals surface area contributed by atoms with Crippen molar-refractivity contribution >= 4 is 12.0 Å². The lowest BCUT2D eigenvalue weighted by Crippen LogP contribution is -2.50. The van der Waals surface area contributed by atoms with Crippen molar-refractivity contribution < 1.29 is 14.7 Å². The molecule has 0 heterocycles. The fraction of sp³-hybridized carbons (Fsp3) is 0.857. The minimum absolute atomic E-state index is 0.151. The largest absolute Gasteiger partial charge is 0.481 e. The zero-order valence-corrected chi connectivity index (χ0v) is 12.8. The summed E-state index contributed by atoms with van der Waals surface area (Å²) < 4.78 is 0. The summed E-state index contributed by atoms with van der Waals surface area (Å²) in [4.78, 5) is 22.0. The van der Waals surface area contributed by atoms with Gasteiger partial charge in [0.15, 0.2) is 0 Å². The van der Waals surface area contributed by atoms with Crippen LogP contribution in [-0.2, 0) is 4.79 Å². The van der Waals surface area contributed by atoms with Gasteiger partial charge in [0.1, 0.15) is 0 Å². The maximum absolute atomic E-state index is 11.7. The molecule has 0 saturated heterocycles. The Balaban J connectivity index is 3.88. The molecule has 112 valence electrons. The predicted molar refractivity (Wildman–Crippen MR) is 76.2 cm³/mol. The van der Waals surface area contributed by atoms with Gasteiger partial charge in [-0.3, -0.25) is 4.79 Å². The van der Waals surface area contributed by atoms with Gasteiger partial charge >= 0.3 is 12.0 Å². The van der Waals surface area contributed by atoms with Crippen molar-refractivity contribution in [1.82, 2.24) is 10.6 Å². The highest BCUT2D eigenvalue weighted by atomic mass is 16.4. The van der Waals surface area contributed by atoms with Crippen molar-refractivity contribution in [3.05, 3.63) is 0 Å². The highest BCUT2D eigenvalue weighted by Crippen LogP contribution is 2.26. The molecule has 0 aromatic carbocycles. The lowest BCUT2D eigenvalue weighted by atomic mass is 9.82. The highest BCUT2D eigenvalue weighted by molar-refractivity contribution is 5.74. The standard InChI is InChI=1S/C14H28N2O3/c1-13(2,3)10-14(4,5)16-12(19)15-9-7-6-8-11(17)18/h6-10H2,1-5H3,(H,17,18)(H2,15,16,19). The molecule has 0 atom stereocenters. The summed E-state index contributed by atoms with van der Waals surface area (Å²) in [6, 6.07) is -0.190. The van der Waals surface area contributed by atoms with Crippen LogP contribution < -0.4 is 10.6 Å². The maximum atomic E-state index is 11.7. The Bertz CT molecular complexity index is 306. The third-order valence-corrected chi connectivity index (χ3v) is 2.53. The Morgan fingerprint density at radius 3 is 2.11 bits per heavy atom. The highest BCUT2D eigenvalue weighted by Gasteiger charge is 2.26. The fourth-order valence-electron chi connectivity index (χ4n) is 2.32. The number of urea groups is 1. The summed E-state index contributed by atoms with van der Waals surface area (Å²) in [5, 5.41) is 14.2. The number of carboxylic acid groups (broad SMARTS) is 1. The molecular weight excluding hydrogens is 244 g/mol. The second-order valence-corrected chi connectivity index (χ2v) is 6.85. The minimum atomic E-state index is -0.796. The number of unbranched alkanes of at least 4 members (excludes halogenated alkanes) is 1. The van der Waals surface area contributed by atoms with Gasteiger partial charge in [-0.05, 0) is 38.5 Å². The fourth-order valence-corrected chi connectivity index (χ4v) is 2.32. The van der Waals surface area contributed by atoms with Crippen LogP contribution in [0.1, 0.15) is 60.3 Å². The normalized spacial score (nSPS) is 12.1. The molecule has 0 radical (unpaired) electrons. The molecule has 5 heteroatoms. The van der Waals surface area contributed by atoms with Crippen LogP contribution in [0.2, 0.25) is 0 Å². The molecular formula is C14H28N2O3. The van der Waals surface area contributed by atoms with E-state index in [0.29, 0.717) is 19.4 Å².